The molecular formula is C17H16N4. The highest BCUT2D eigenvalue weighted by Crippen LogP contribution is 2.25. The molecule has 1 N–H and O–H groups in total. The standard InChI is InChI=1S/C17H16N4/c1-12-8-9-19-11-14(12)15-10-16(18-2)21-17(20-15)13-6-4-3-5-7-13/h3-11H,1-2H3,(H,18,20,21). The summed E-state index contributed by atoms with van der Waals surface area (Å²) in [7, 11) is 1.86. The van der Waals surface area contributed by atoms with Crippen LogP contribution in [-0.2, 0) is 0 Å². The summed E-state index contributed by atoms with van der Waals surface area (Å²) in [5, 5.41) is 3.10. The summed E-state index contributed by atoms with van der Waals surface area (Å²) in [5.74, 6) is 1.50. The molecule has 1 aromatic carbocycles. The zero-order valence-electron chi connectivity index (χ0n) is 12.0. The molecule has 0 unspecified atom stereocenters. The summed E-state index contributed by atoms with van der Waals surface area (Å²) in [6.45, 7) is 2.06. The van der Waals surface area contributed by atoms with Gasteiger partial charge in [0.15, 0.2) is 5.82 Å². The number of aromatic nitrogens is 3. The Bertz CT molecular complexity index is 754. The molecule has 3 rings (SSSR count). The van der Waals surface area contributed by atoms with Gasteiger partial charge in [-0.3, -0.25) is 4.98 Å². The summed E-state index contributed by atoms with van der Waals surface area (Å²) >= 11 is 0. The van der Waals surface area contributed by atoms with Crippen LogP contribution >= 0.6 is 0 Å². The average molecular weight is 276 g/mol. The molecule has 0 bridgehead atoms. The fraction of sp³-hybridized carbons (Fsp3) is 0.118. The summed E-state index contributed by atoms with van der Waals surface area (Å²) in [5.41, 5.74) is 4.04. The van der Waals surface area contributed by atoms with E-state index in [9.17, 15) is 0 Å². The first-order chi connectivity index (χ1) is 10.3. The normalized spacial score (nSPS) is 10.4. The van der Waals surface area contributed by atoms with E-state index in [2.05, 4.69) is 22.2 Å². The van der Waals surface area contributed by atoms with Crippen LogP contribution in [0.2, 0.25) is 0 Å². The van der Waals surface area contributed by atoms with Crippen molar-refractivity contribution in [1.82, 2.24) is 15.0 Å². The third-order valence-corrected chi connectivity index (χ3v) is 3.33. The van der Waals surface area contributed by atoms with Crippen molar-refractivity contribution in [2.24, 2.45) is 0 Å². The molecule has 0 atom stereocenters. The van der Waals surface area contributed by atoms with Crippen LogP contribution in [0, 0.1) is 6.92 Å². The van der Waals surface area contributed by atoms with E-state index < -0.39 is 0 Å². The Kier molecular flexibility index (Phi) is 3.60. The maximum atomic E-state index is 4.69. The van der Waals surface area contributed by atoms with Crippen molar-refractivity contribution in [3.05, 3.63) is 60.4 Å². The maximum absolute atomic E-state index is 4.69. The Labute approximate surface area is 123 Å². The lowest BCUT2D eigenvalue weighted by Gasteiger charge is -2.09. The van der Waals surface area contributed by atoms with Gasteiger partial charge in [-0.15, -0.1) is 0 Å². The van der Waals surface area contributed by atoms with Crippen LogP contribution in [0.3, 0.4) is 0 Å². The quantitative estimate of drug-likeness (QED) is 0.794. The van der Waals surface area contributed by atoms with Crippen LogP contribution in [0.4, 0.5) is 5.82 Å². The molecule has 0 amide bonds. The third-order valence-electron chi connectivity index (χ3n) is 3.33. The Morgan fingerprint density at radius 2 is 1.81 bits per heavy atom. The molecule has 21 heavy (non-hydrogen) atoms. The molecule has 0 aliphatic heterocycles. The summed E-state index contributed by atoms with van der Waals surface area (Å²) in [4.78, 5) is 13.4. The number of nitrogens with one attached hydrogen (secondary N) is 1. The van der Waals surface area contributed by atoms with E-state index in [4.69, 9.17) is 4.98 Å². The summed E-state index contributed by atoms with van der Waals surface area (Å²) in [6, 6.07) is 13.9. The molecule has 4 heteroatoms. The van der Waals surface area contributed by atoms with Crippen molar-refractivity contribution in [1.29, 1.82) is 0 Å². The number of nitrogens with zero attached hydrogens (tertiary/aromatic N) is 3. The Hall–Kier alpha value is -2.75. The van der Waals surface area contributed by atoms with Crippen molar-refractivity contribution in [3.63, 3.8) is 0 Å². The first-order valence-corrected chi connectivity index (χ1v) is 6.81. The van der Waals surface area contributed by atoms with Gasteiger partial charge in [-0.05, 0) is 18.6 Å². The first kappa shape index (κ1) is 13.2. The Balaban J connectivity index is 2.17. The average Bonchev–Trinajstić information content (AvgIpc) is 2.55. The second-order valence-electron chi connectivity index (χ2n) is 4.77. The molecule has 0 aliphatic rings. The van der Waals surface area contributed by atoms with Crippen LogP contribution in [0.1, 0.15) is 5.56 Å². The molecule has 0 aliphatic carbocycles. The minimum absolute atomic E-state index is 0.709. The van der Waals surface area contributed by atoms with Gasteiger partial charge < -0.3 is 5.32 Å². The van der Waals surface area contributed by atoms with Crippen LogP contribution in [-0.4, -0.2) is 22.0 Å². The van der Waals surface area contributed by atoms with Crippen LogP contribution in [0.25, 0.3) is 22.6 Å². The second kappa shape index (κ2) is 5.71. The van der Waals surface area contributed by atoms with Crippen molar-refractivity contribution >= 4 is 5.82 Å². The van der Waals surface area contributed by atoms with E-state index in [-0.39, 0.29) is 0 Å². The molecule has 0 fully saturated rings. The van der Waals surface area contributed by atoms with E-state index in [0.29, 0.717) is 5.82 Å². The van der Waals surface area contributed by atoms with Gasteiger partial charge in [-0.25, -0.2) is 9.97 Å². The maximum Gasteiger partial charge on any atom is 0.162 e. The van der Waals surface area contributed by atoms with E-state index in [1.165, 1.54) is 0 Å². The molecule has 0 radical (unpaired) electrons. The molecule has 0 spiro atoms. The highest BCUT2D eigenvalue weighted by molar-refractivity contribution is 5.68. The number of rotatable bonds is 3. The molecule has 2 aromatic heterocycles. The van der Waals surface area contributed by atoms with Crippen LogP contribution < -0.4 is 5.32 Å². The van der Waals surface area contributed by atoms with Gasteiger partial charge in [0.25, 0.3) is 0 Å². The van der Waals surface area contributed by atoms with Crippen molar-refractivity contribution in [3.8, 4) is 22.6 Å². The highest BCUT2D eigenvalue weighted by Gasteiger charge is 2.09. The minimum atomic E-state index is 0.709. The zero-order chi connectivity index (χ0) is 14.7. The monoisotopic (exact) mass is 276 g/mol. The summed E-state index contributed by atoms with van der Waals surface area (Å²) in [6.07, 6.45) is 3.63. The molecular weight excluding hydrogens is 260 g/mol. The second-order valence-corrected chi connectivity index (χ2v) is 4.77. The van der Waals surface area contributed by atoms with Gasteiger partial charge >= 0.3 is 0 Å². The van der Waals surface area contributed by atoms with Crippen molar-refractivity contribution < 1.29 is 0 Å². The third kappa shape index (κ3) is 2.74. The fourth-order valence-electron chi connectivity index (χ4n) is 2.16. The van der Waals surface area contributed by atoms with Gasteiger partial charge in [-0.2, -0.15) is 0 Å². The number of benzene rings is 1. The van der Waals surface area contributed by atoms with E-state index in [0.717, 1.165) is 28.2 Å². The van der Waals surface area contributed by atoms with E-state index in [1.807, 2.05) is 55.7 Å². The lowest BCUT2D eigenvalue weighted by atomic mass is 10.1. The molecule has 2 heterocycles. The zero-order valence-corrected chi connectivity index (χ0v) is 12.0. The topological polar surface area (TPSA) is 50.7 Å². The largest absolute Gasteiger partial charge is 0.373 e. The highest BCUT2D eigenvalue weighted by atomic mass is 15.0. The van der Waals surface area contributed by atoms with Gasteiger partial charge in [0.2, 0.25) is 0 Å². The number of hydrogen-bond donors (Lipinski definition) is 1. The lowest BCUT2D eigenvalue weighted by molar-refractivity contribution is 1.16. The predicted molar refractivity (Wildman–Crippen MR) is 85.0 cm³/mol. The van der Waals surface area contributed by atoms with Gasteiger partial charge in [0.05, 0.1) is 5.69 Å². The fourth-order valence-corrected chi connectivity index (χ4v) is 2.16. The first-order valence-electron chi connectivity index (χ1n) is 6.81. The molecule has 4 nitrogen and oxygen atoms in total. The van der Waals surface area contributed by atoms with Gasteiger partial charge in [-0.1, -0.05) is 30.3 Å². The predicted octanol–water partition coefficient (Wildman–Crippen LogP) is 3.56. The van der Waals surface area contributed by atoms with Crippen LogP contribution in [0.5, 0.6) is 0 Å². The van der Waals surface area contributed by atoms with Gasteiger partial charge in [0.1, 0.15) is 5.82 Å². The van der Waals surface area contributed by atoms with E-state index in [1.54, 1.807) is 6.20 Å². The number of pyridine rings is 1. The number of anilines is 1. The van der Waals surface area contributed by atoms with Crippen molar-refractivity contribution in [2.45, 2.75) is 6.92 Å². The number of hydrogen-bond acceptors (Lipinski definition) is 4. The lowest BCUT2D eigenvalue weighted by Crippen LogP contribution is -1.99. The molecule has 104 valence electrons. The molecule has 0 saturated heterocycles. The minimum Gasteiger partial charge on any atom is -0.373 e. The van der Waals surface area contributed by atoms with Crippen LogP contribution in [0.15, 0.2) is 54.9 Å². The molecule has 0 saturated carbocycles. The Morgan fingerprint density at radius 1 is 1.00 bits per heavy atom. The summed E-state index contributed by atoms with van der Waals surface area (Å²) < 4.78 is 0. The van der Waals surface area contributed by atoms with E-state index >= 15 is 0 Å². The van der Waals surface area contributed by atoms with Gasteiger partial charge in [0, 0.05) is 36.6 Å². The molecule has 3 aromatic rings. The van der Waals surface area contributed by atoms with Crippen molar-refractivity contribution in [2.75, 3.05) is 12.4 Å². The Morgan fingerprint density at radius 3 is 2.52 bits per heavy atom. The SMILES string of the molecule is CNc1cc(-c2cnccc2C)nc(-c2ccccc2)n1. The smallest absolute Gasteiger partial charge is 0.162 e. The number of aryl methyl sites for hydroxylation is 1.